The summed E-state index contributed by atoms with van der Waals surface area (Å²) in [5.41, 5.74) is -0.635. The van der Waals surface area contributed by atoms with Crippen molar-refractivity contribution in [2.45, 2.75) is 55.9 Å². The zero-order valence-corrected chi connectivity index (χ0v) is 22.7. The van der Waals surface area contributed by atoms with Crippen molar-refractivity contribution in [1.29, 1.82) is 0 Å². The minimum Gasteiger partial charge on any atom is -0.493 e. The minimum absolute atomic E-state index is 0.0409. The van der Waals surface area contributed by atoms with E-state index in [-0.39, 0.29) is 57.5 Å². The number of aromatic hydroxyl groups is 1. The number of nitrogens with one attached hydrogen (secondary N) is 1. The summed E-state index contributed by atoms with van der Waals surface area (Å²) in [6.45, 7) is 6.66. The van der Waals surface area contributed by atoms with Gasteiger partial charge in [-0.25, -0.2) is 8.78 Å². The van der Waals surface area contributed by atoms with Crippen LogP contribution in [0.25, 0.3) is 10.9 Å². The molecule has 0 bridgehead atoms. The average molecular weight is 604 g/mol. The Morgan fingerprint density at radius 1 is 1.38 bits per heavy atom. The number of fused-ring (bicyclic) bond motifs is 2. The molecule has 0 amide bonds. The Balaban J connectivity index is 1.38. The van der Waals surface area contributed by atoms with Gasteiger partial charge in [-0.15, -0.1) is 6.58 Å². The van der Waals surface area contributed by atoms with Crippen molar-refractivity contribution < 1.29 is 28.1 Å². The van der Waals surface area contributed by atoms with E-state index in [0.29, 0.717) is 19.6 Å². The standard InChI is InChI=1S/C25H30BrClF2N4O4/c1-2-15(30-16-5-3-8-35-11-16)12-36-22-17-21(20(29)18(26)19(22)27)31-24(32-23(17)34)37-13-25-6-4-7-33(25)10-14(28)9-25/h2,14-16,30H,1,3-13H2,(H,31,32,34)/t14-,15+,16?,25+/m1/s1. The van der Waals surface area contributed by atoms with Crippen molar-refractivity contribution in [3.05, 3.63) is 28.0 Å². The van der Waals surface area contributed by atoms with Gasteiger partial charge < -0.3 is 24.6 Å². The quantitative estimate of drug-likeness (QED) is 0.319. The highest BCUT2D eigenvalue weighted by Crippen LogP contribution is 2.45. The second kappa shape index (κ2) is 11.1. The molecule has 4 atom stereocenters. The van der Waals surface area contributed by atoms with E-state index in [1.807, 2.05) is 0 Å². The molecule has 3 aliphatic heterocycles. The van der Waals surface area contributed by atoms with Crippen LogP contribution >= 0.6 is 27.5 Å². The predicted molar refractivity (Wildman–Crippen MR) is 139 cm³/mol. The highest BCUT2D eigenvalue weighted by molar-refractivity contribution is 9.10. The number of ether oxygens (including phenoxy) is 3. The van der Waals surface area contributed by atoms with Gasteiger partial charge in [-0.05, 0) is 48.2 Å². The second-order valence-corrected chi connectivity index (χ2v) is 11.1. The molecular formula is C25H30BrClF2N4O4. The first kappa shape index (κ1) is 26.8. The van der Waals surface area contributed by atoms with Crippen LogP contribution in [0.2, 0.25) is 5.02 Å². The summed E-state index contributed by atoms with van der Waals surface area (Å²) < 4.78 is 46.6. The van der Waals surface area contributed by atoms with Gasteiger partial charge in [0, 0.05) is 25.6 Å². The van der Waals surface area contributed by atoms with Crippen molar-refractivity contribution in [1.82, 2.24) is 20.2 Å². The first-order valence-corrected chi connectivity index (χ1v) is 13.7. The van der Waals surface area contributed by atoms with Crippen LogP contribution in [-0.2, 0) is 4.74 Å². The molecule has 37 heavy (non-hydrogen) atoms. The minimum atomic E-state index is -0.912. The van der Waals surface area contributed by atoms with Crippen molar-refractivity contribution >= 4 is 38.4 Å². The lowest BCUT2D eigenvalue weighted by Gasteiger charge is -2.30. The third-order valence-electron chi connectivity index (χ3n) is 7.42. The molecule has 0 saturated carbocycles. The van der Waals surface area contributed by atoms with Gasteiger partial charge in [0.25, 0.3) is 0 Å². The number of benzene rings is 1. The van der Waals surface area contributed by atoms with Crippen LogP contribution in [0.4, 0.5) is 8.78 Å². The van der Waals surface area contributed by atoms with Gasteiger partial charge in [-0.3, -0.25) is 4.90 Å². The summed E-state index contributed by atoms with van der Waals surface area (Å²) >= 11 is 9.58. The molecule has 3 saturated heterocycles. The molecule has 12 heteroatoms. The highest BCUT2D eigenvalue weighted by Gasteiger charge is 2.49. The van der Waals surface area contributed by atoms with Gasteiger partial charge in [0.05, 0.1) is 22.7 Å². The van der Waals surface area contributed by atoms with Crippen molar-refractivity contribution in [2.24, 2.45) is 0 Å². The number of aromatic nitrogens is 2. The number of nitrogens with zero attached hydrogens (tertiary/aromatic N) is 3. The Morgan fingerprint density at radius 2 is 2.22 bits per heavy atom. The van der Waals surface area contributed by atoms with Crippen LogP contribution in [0.15, 0.2) is 17.1 Å². The number of alkyl halides is 1. The highest BCUT2D eigenvalue weighted by atomic mass is 79.9. The van der Waals surface area contributed by atoms with Crippen molar-refractivity contribution in [3.63, 3.8) is 0 Å². The Kier molecular flexibility index (Phi) is 8.07. The lowest BCUT2D eigenvalue weighted by atomic mass is 9.95. The third-order valence-corrected chi connectivity index (χ3v) is 8.76. The van der Waals surface area contributed by atoms with Gasteiger partial charge in [-0.1, -0.05) is 17.7 Å². The van der Waals surface area contributed by atoms with E-state index in [1.165, 1.54) is 0 Å². The summed E-state index contributed by atoms with van der Waals surface area (Å²) in [5, 5.41) is 14.1. The predicted octanol–water partition coefficient (Wildman–Crippen LogP) is 4.55. The fraction of sp³-hybridized carbons (Fsp3) is 0.600. The lowest BCUT2D eigenvalue weighted by molar-refractivity contribution is 0.0660. The lowest BCUT2D eigenvalue weighted by Crippen LogP contribution is -2.44. The van der Waals surface area contributed by atoms with Crippen LogP contribution in [0.5, 0.6) is 17.6 Å². The fourth-order valence-electron chi connectivity index (χ4n) is 5.59. The fourth-order valence-corrected chi connectivity index (χ4v) is 6.19. The summed E-state index contributed by atoms with van der Waals surface area (Å²) in [6, 6.07) is -0.283. The molecule has 1 unspecified atom stereocenters. The van der Waals surface area contributed by atoms with Gasteiger partial charge in [0.2, 0.25) is 5.88 Å². The van der Waals surface area contributed by atoms with Crippen LogP contribution in [0, 0.1) is 5.82 Å². The maximum atomic E-state index is 15.2. The summed E-state index contributed by atoms with van der Waals surface area (Å²) in [6.07, 6.45) is 4.85. The number of rotatable bonds is 9. The third kappa shape index (κ3) is 5.38. The molecule has 202 valence electrons. The molecule has 4 heterocycles. The topological polar surface area (TPSA) is 89.0 Å². The van der Waals surface area contributed by atoms with E-state index in [1.54, 1.807) is 6.08 Å². The smallest absolute Gasteiger partial charge is 0.320 e. The number of halogens is 4. The SMILES string of the molecule is C=C[C@@H](COc1c(Cl)c(Br)c(F)c2nc(OC[C@@]34CCCN3C[C@H](F)C4)nc(O)c12)NC1CCCOC1. The average Bonchev–Trinajstić information content (AvgIpc) is 3.41. The van der Waals surface area contributed by atoms with E-state index in [9.17, 15) is 9.50 Å². The van der Waals surface area contributed by atoms with Crippen molar-refractivity contribution in [2.75, 3.05) is 39.5 Å². The Morgan fingerprint density at radius 3 is 2.97 bits per heavy atom. The summed E-state index contributed by atoms with van der Waals surface area (Å²) in [7, 11) is 0. The molecular weight excluding hydrogens is 574 g/mol. The Bertz CT molecular complexity index is 1170. The largest absolute Gasteiger partial charge is 0.493 e. The molecule has 8 nitrogen and oxygen atoms in total. The molecule has 3 aliphatic rings. The maximum absolute atomic E-state index is 15.2. The van der Waals surface area contributed by atoms with E-state index < -0.39 is 23.4 Å². The number of hydrogen-bond acceptors (Lipinski definition) is 8. The summed E-state index contributed by atoms with van der Waals surface area (Å²) in [5.74, 6) is -1.26. The molecule has 1 aromatic heterocycles. The molecule has 1 aromatic carbocycles. The van der Waals surface area contributed by atoms with Crippen LogP contribution < -0.4 is 14.8 Å². The van der Waals surface area contributed by atoms with Gasteiger partial charge >= 0.3 is 6.01 Å². The molecule has 0 aliphatic carbocycles. The summed E-state index contributed by atoms with van der Waals surface area (Å²) in [4.78, 5) is 10.4. The van der Waals surface area contributed by atoms with E-state index >= 15 is 4.39 Å². The molecule has 5 rings (SSSR count). The van der Waals surface area contributed by atoms with E-state index in [4.69, 9.17) is 25.8 Å². The normalized spacial score (nSPS) is 26.8. The Hall–Kier alpha value is -1.79. The van der Waals surface area contributed by atoms with Crippen LogP contribution in [0.3, 0.4) is 0 Å². The maximum Gasteiger partial charge on any atom is 0.320 e. The van der Waals surface area contributed by atoms with Crippen LogP contribution in [0.1, 0.15) is 32.1 Å². The molecule has 2 N–H and O–H groups in total. The Labute approximate surface area is 227 Å². The van der Waals surface area contributed by atoms with Crippen LogP contribution in [-0.4, -0.2) is 83.3 Å². The van der Waals surface area contributed by atoms with Gasteiger partial charge in [-0.2, -0.15) is 9.97 Å². The van der Waals surface area contributed by atoms with Gasteiger partial charge in [0.1, 0.15) is 35.3 Å². The zero-order chi connectivity index (χ0) is 26.2. The van der Waals surface area contributed by atoms with Gasteiger partial charge in [0.15, 0.2) is 11.6 Å². The zero-order valence-electron chi connectivity index (χ0n) is 20.3. The first-order valence-electron chi connectivity index (χ1n) is 12.5. The second-order valence-electron chi connectivity index (χ2n) is 9.92. The molecule has 2 aromatic rings. The molecule has 0 spiro atoms. The van der Waals surface area contributed by atoms with Crippen molar-refractivity contribution in [3.8, 4) is 17.6 Å². The first-order chi connectivity index (χ1) is 17.8. The van der Waals surface area contributed by atoms with E-state index in [2.05, 4.69) is 42.7 Å². The number of hydrogen-bond donors (Lipinski definition) is 2. The molecule has 0 radical (unpaired) electrons. The molecule has 3 fully saturated rings. The van der Waals surface area contributed by atoms with E-state index in [0.717, 1.165) is 38.8 Å². The monoisotopic (exact) mass is 602 g/mol.